The molecule has 0 spiro atoms. The Hall–Kier alpha value is -1.12. The van der Waals surface area contributed by atoms with Crippen molar-refractivity contribution < 1.29 is 14.3 Å². The Morgan fingerprint density at radius 2 is 1.88 bits per heavy atom. The van der Waals surface area contributed by atoms with Crippen LogP contribution in [-0.4, -0.2) is 18.4 Å². The first-order chi connectivity index (χ1) is 8.20. The molecule has 0 aromatic rings. The van der Waals surface area contributed by atoms with Crippen molar-refractivity contribution in [3.63, 3.8) is 0 Å². The summed E-state index contributed by atoms with van der Waals surface area (Å²) >= 11 is 0. The summed E-state index contributed by atoms with van der Waals surface area (Å²) in [5, 5.41) is 0. The zero-order valence-corrected chi connectivity index (χ0v) is 10.6. The number of unbranched alkanes of at least 4 members (excludes halogenated alkanes) is 5. The summed E-state index contributed by atoms with van der Waals surface area (Å²) in [4.78, 5) is 22.1. The molecule has 0 radical (unpaired) electrons. The second-order valence-electron chi connectivity index (χ2n) is 4.69. The minimum absolute atomic E-state index is 0.265. The number of aldehydes is 1. The summed E-state index contributed by atoms with van der Waals surface area (Å²) in [6, 6.07) is 0. The fourth-order valence-corrected chi connectivity index (χ4v) is 2.18. The lowest BCUT2D eigenvalue weighted by molar-refractivity contribution is -0.139. The number of carbonyl (C=O) groups is 2. The largest absolute Gasteiger partial charge is 0.458 e. The van der Waals surface area contributed by atoms with Crippen LogP contribution in [0.4, 0.5) is 0 Å². The van der Waals surface area contributed by atoms with Gasteiger partial charge in [-0.05, 0) is 12.8 Å². The minimum Gasteiger partial charge on any atom is -0.458 e. The van der Waals surface area contributed by atoms with E-state index < -0.39 is 11.9 Å². The van der Waals surface area contributed by atoms with Crippen LogP contribution >= 0.6 is 0 Å². The van der Waals surface area contributed by atoms with Crippen molar-refractivity contribution in [1.82, 2.24) is 0 Å². The highest BCUT2D eigenvalue weighted by Gasteiger charge is 2.37. The molecule has 1 rings (SSSR count). The molecule has 0 amide bonds. The molecule has 0 aromatic carbocycles. The van der Waals surface area contributed by atoms with Crippen molar-refractivity contribution in [2.45, 2.75) is 58.0 Å². The van der Waals surface area contributed by atoms with E-state index in [1.165, 1.54) is 25.7 Å². The number of carbonyl (C=O) groups excluding carboxylic acids is 2. The van der Waals surface area contributed by atoms with Crippen molar-refractivity contribution in [3.05, 3.63) is 12.2 Å². The van der Waals surface area contributed by atoms with E-state index in [0.717, 1.165) is 25.5 Å². The third-order valence-corrected chi connectivity index (χ3v) is 3.31. The minimum atomic E-state index is -0.418. The standard InChI is InChI=1S/C14H22O3/c1-3-4-5-6-7-8-9-13-12(10-15)11(2)14(16)17-13/h10,12-13H,2-9H2,1H3. The summed E-state index contributed by atoms with van der Waals surface area (Å²) in [5.74, 6) is -0.823. The second kappa shape index (κ2) is 7.25. The van der Waals surface area contributed by atoms with E-state index in [9.17, 15) is 9.59 Å². The highest BCUT2D eigenvalue weighted by Crippen LogP contribution is 2.28. The fourth-order valence-electron chi connectivity index (χ4n) is 2.18. The van der Waals surface area contributed by atoms with Gasteiger partial charge in [0.1, 0.15) is 12.4 Å². The van der Waals surface area contributed by atoms with Crippen LogP contribution in [0, 0.1) is 5.92 Å². The third-order valence-electron chi connectivity index (χ3n) is 3.31. The van der Waals surface area contributed by atoms with Gasteiger partial charge in [0.2, 0.25) is 0 Å². The lowest BCUT2D eigenvalue weighted by atomic mass is 9.95. The molecule has 3 nitrogen and oxygen atoms in total. The lowest BCUT2D eigenvalue weighted by Crippen LogP contribution is -2.17. The van der Waals surface area contributed by atoms with Crippen LogP contribution in [-0.2, 0) is 14.3 Å². The molecule has 3 heteroatoms. The van der Waals surface area contributed by atoms with Crippen molar-refractivity contribution >= 4 is 12.3 Å². The van der Waals surface area contributed by atoms with Gasteiger partial charge < -0.3 is 9.53 Å². The predicted molar refractivity (Wildman–Crippen MR) is 66.6 cm³/mol. The molecule has 0 saturated carbocycles. The Morgan fingerprint density at radius 3 is 2.53 bits per heavy atom. The van der Waals surface area contributed by atoms with Gasteiger partial charge in [0.25, 0.3) is 0 Å². The smallest absolute Gasteiger partial charge is 0.334 e. The van der Waals surface area contributed by atoms with Gasteiger partial charge in [0.05, 0.1) is 5.92 Å². The van der Waals surface area contributed by atoms with E-state index in [0.29, 0.717) is 5.57 Å². The molecule has 1 saturated heterocycles. The van der Waals surface area contributed by atoms with Crippen molar-refractivity contribution in [2.24, 2.45) is 5.92 Å². The first kappa shape index (κ1) is 13.9. The zero-order chi connectivity index (χ0) is 12.7. The maximum Gasteiger partial charge on any atom is 0.334 e. The monoisotopic (exact) mass is 238 g/mol. The van der Waals surface area contributed by atoms with Crippen LogP contribution in [0.2, 0.25) is 0 Å². The summed E-state index contributed by atoms with van der Waals surface area (Å²) in [5.41, 5.74) is 0.316. The van der Waals surface area contributed by atoms with Crippen LogP contribution in [0.3, 0.4) is 0 Å². The second-order valence-corrected chi connectivity index (χ2v) is 4.69. The van der Waals surface area contributed by atoms with Gasteiger partial charge in [-0.25, -0.2) is 4.79 Å². The molecule has 17 heavy (non-hydrogen) atoms. The number of rotatable bonds is 8. The quantitative estimate of drug-likeness (QED) is 0.282. The Labute approximate surface area is 103 Å². The predicted octanol–water partition coefficient (Wildman–Crippen LogP) is 3.03. The Morgan fingerprint density at radius 1 is 1.24 bits per heavy atom. The Balaban J connectivity index is 2.20. The van der Waals surface area contributed by atoms with Gasteiger partial charge >= 0.3 is 5.97 Å². The molecule has 96 valence electrons. The molecular formula is C14H22O3. The van der Waals surface area contributed by atoms with Gasteiger partial charge in [-0.1, -0.05) is 45.6 Å². The third kappa shape index (κ3) is 3.99. The number of hydrogen-bond acceptors (Lipinski definition) is 3. The first-order valence-electron chi connectivity index (χ1n) is 6.55. The van der Waals surface area contributed by atoms with Crippen molar-refractivity contribution in [1.29, 1.82) is 0 Å². The number of hydrogen-bond donors (Lipinski definition) is 0. The first-order valence-corrected chi connectivity index (χ1v) is 6.55. The Bertz CT molecular complexity index is 283. The zero-order valence-electron chi connectivity index (χ0n) is 10.6. The maximum absolute atomic E-state index is 11.2. The molecule has 2 atom stereocenters. The SMILES string of the molecule is C=C1C(=O)OC(CCCCCCCC)C1C=O. The average molecular weight is 238 g/mol. The maximum atomic E-state index is 11.2. The summed E-state index contributed by atoms with van der Waals surface area (Å²) in [6.45, 7) is 5.79. The molecule has 0 aromatic heterocycles. The van der Waals surface area contributed by atoms with Gasteiger partial charge in [-0.3, -0.25) is 0 Å². The molecule has 0 aliphatic carbocycles. The van der Waals surface area contributed by atoms with Crippen LogP contribution < -0.4 is 0 Å². The van der Waals surface area contributed by atoms with E-state index in [1.54, 1.807) is 0 Å². The molecule has 1 fully saturated rings. The van der Waals surface area contributed by atoms with Crippen molar-refractivity contribution in [2.75, 3.05) is 0 Å². The number of esters is 1. The van der Waals surface area contributed by atoms with E-state index in [-0.39, 0.29) is 6.10 Å². The van der Waals surface area contributed by atoms with Crippen molar-refractivity contribution in [3.8, 4) is 0 Å². The number of ether oxygens (including phenoxy) is 1. The van der Waals surface area contributed by atoms with Crippen LogP contribution in [0.15, 0.2) is 12.2 Å². The van der Waals surface area contributed by atoms with E-state index >= 15 is 0 Å². The fraction of sp³-hybridized carbons (Fsp3) is 0.714. The summed E-state index contributed by atoms with van der Waals surface area (Å²) in [6.07, 6.45) is 8.48. The van der Waals surface area contributed by atoms with E-state index in [4.69, 9.17) is 4.74 Å². The van der Waals surface area contributed by atoms with Crippen LogP contribution in [0.5, 0.6) is 0 Å². The highest BCUT2D eigenvalue weighted by molar-refractivity contribution is 5.95. The molecular weight excluding hydrogens is 216 g/mol. The molecule has 1 aliphatic rings. The summed E-state index contributed by atoms with van der Waals surface area (Å²) in [7, 11) is 0. The van der Waals surface area contributed by atoms with E-state index in [2.05, 4.69) is 13.5 Å². The molecule has 0 bridgehead atoms. The van der Waals surface area contributed by atoms with E-state index in [1.807, 2.05) is 0 Å². The molecule has 2 unspecified atom stereocenters. The molecule has 1 aliphatic heterocycles. The lowest BCUT2D eigenvalue weighted by Gasteiger charge is -2.12. The topological polar surface area (TPSA) is 43.4 Å². The van der Waals surface area contributed by atoms with Gasteiger partial charge in [-0.2, -0.15) is 0 Å². The summed E-state index contributed by atoms with van der Waals surface area (Å²) < 4.78 is 5.14. The van der Waals surface area contributed by atoms with Gasteiger partial charge in [0.15, 0.2) is 0 Å². The van der Waals surface area contributed by atoms with Gasteiger partial charge in [0, 0.05) is 5.57 Å². The Kier molecular flexibility index (Phi) is 5.95. The normalized spacial score (nSPS) is 23.8. The molecule has 0 N–H and O–H groups in total. The number of cyclic esters (lactones) is 1. The van der Waals surface area contributed by atoms with Gasteiger partial charge in [-0.15, -0.1) is 0 Å². The van der Waals surface area contributed by atoms with Crippen LogP contribution in [0.1, 0.15) is 51.9 Å². The average Bonchev–Trinajstić information content (AvgIpc) is 2.59. The van der Waals surface area contributed by atoms with Crippen LogP contribution in [0.25, 0.3) is 0 Å². The molecule has 1 heterocycles. The highest BCUT2D eigenvalue weighted by atomic mass is 16.6.